The molecule has 2 rings (SSSR count). The van der Waals surface area contributed by atoms with Gasteiger partial charge in [0.1, 0.15) is 0 Å². The summed E-state index contributed by atoms with van der Waals surface area (Å²) in [7, 11) is 0. The van der Waals surface area contributed by atoms with Crippen molar-refractivity contribution in [1.82, 2.24) is 9.97 Å². The minimum atomic E-state index is -4.44. The summed E-state index contributed by atoms with van der Waals surface area (Å²) < 4.78 is 42.7. The Morgan fingerprint density at radius 3 is 2.62 bits per heavy atom. The molecule has 2 N–H and O–H groups in total. The van der Waals surface area contributed by atoms with Crippen LogP contribution in [0.5, 0.6) is 0 Å². The highest BCUT2D eigenvalue weighted by Gasteiger charge is 2.36. The fourth-order valence-corrected chi connectivity index (χ4v) is 1.50. The molecule has 88 valence electrons. The van der Waals surface area contributed by atoms with Crippen LogP contribution in [0.1, 0.15) is 11.3 Å². The predicted octanol–water partition coefficient (Wildman–Crippen LogP) is 1.27. The van der Waals surface area contributed by atoms with E-state index in [0.717, 1.165) is 6.20 Å². The molecule has 0 saturated carbocycles. The van der Waals surface area contributed by atoms with E-state index in [-0.39, 0.29) is 24.0 Å². The quantitative estimate of drug-likeness (QED) is 0.835. The first-order valence-electron chi connectivity index (χ1n) is 4.73. The number of nitrogen functional groups attached to an aromatic ring is 1. The molecule has 0 aliphatic carbocycles. The van der Waals surface area contributed by atoms with Gasteiger partial charge in [0.05, 0.1) is 24.5 Å². The van der Waals surface area contributed by atoms with Gasteiger partial charge < -0.3 is 10.5 Å². The summed E-state index contributed by atoms with van der Waals surface area (Å²) in [5, 5.41) is 0. The largest absolute Gasteiger partial charge is 0.419 e. The molecule has 1 aromatic heterocycles. The number of alkyl halides is 3. The van der Waals surface area contributed by atoms with Gasteiger partial charge in [0, 0.05) is 12.1 Å². The normalized spacial score (nSPS) is 17.2. The number of ether oxygens (including phenoxy) is 1. The second-order valence-corrected chi connectivity index (χ2v) is 3.69. The standard InChI is InChI=1S/C9H10F3N3O/c10-9(11,12)6-2-14-8(13)15-7(6)1-5-3-16-4-5/h2,5H,1,3-4H2,(H2,13,14,15). The van der Waals surface area contributed by atoms with Crippen LogP contribution in [-0.4, -0.2) is 23.2 Å². The summed E-state index contributed by atoms with van der Waals surface area (Å²) in [6.45, 7) is 0.947. The van der Waals surface area contributed by atoms with Gasteiger partial charge in [0.15, 0.2) is 0 Å². The second-order valence-electron chi connectivity index (χ2n) is 3.69. The molecule has 2 heterocycles. The Hall–Kier alpha value is -1.37. The van der Waals surface area contributed by atoms with E-state index < -0.39 is 11.7 Å². The Morgan fingerprint density at radius 2 is 2.12 bits per heavy atom. The van der Waals surface area contributed by atoms with Crippen molar-refractivity contribution in [3.05, 3.63) is 17.5 Å². The number of nitrogens with two attached hydrogens (primary N) is 1. The summed E-state index contributed by atoms with van der Waals surface area (Å²) in [4.78, 5) is 7.03. The van der Waals surface area contributed by atoms with Crippen molar-refractivity contribution in [3.8, 4) is 0 Å². The number of halogens is 3. The fraction of sp³-hybridized carbons (Fsp3) is 0.556. The Kier molecular flexibility index (Phi) is 2.71. The third-order valence-corrected chi connectivity index (χ3v) is 2.38. The van der Waals surface area contributed by atoms with Crippen LogP contribution in [0, 0.1) is 5.92 Å². The number of aromatic nitrogens is 2. The highest BCUT2D eigenvalue weighted by molar-refractivity contribution is 5.27. The zero-order valence-corrected chi connectivity index (χ0v) is 8.29. The molecular formula is C9H10F3N3O. The summed E-state index contributed by atoms with van der Waals surface area (Å²) in [6.07, 6.45) is -3.48. The van der Waals surface area contributed by atoms with E-state index in [9.17, 15) is 13.2 Å². The van der Waals surface area contributed by atoms with Crippen LogP contribution in [0.15, 0.2) is 6.20 Å². The van der Waals surface area contributed by atoms with Gasteiger partial charge in [-0.05, 0) is 6.42 Å². The molecule has 0 bridgehead atoms. The number of hydrogen-bond acceptors (Lipinski definition) is 4. The van der Waals surface area contributed by atoms with Crippen LogP contribution in [0.4, 0.5) is 19.1 Å². The molecule has 16 heavy (non-hydrogen) atoms. The minimum absolute atomic E-state index is 0.0479. The Bertz CT molecular complexity index is 390. The van der Waals surface area contributed by atoms with Crippen molar-refractivity contribution < 1.29 is 17.9 Å². The van der Waals surface area contributed by atoms with E-state index >= 15 is 0 Å². The molecule has 1 aromatic rings. The molecule has 0 amide bonds. The van der Waals surface area contributed by atoms with E-state index in [1.165, 1.54) is 0 Å². The maximum absolute atomic E-state index is 12.6. The Balaban J connectivity index is 2.28. The molecule has 7 heteroatoms. The molecule has 1 saturated heterocycles. The average molecular weight is 233 g/mol. The van der Waals surface area contributed by atoms with Gasteiger partial charge in [-0.25, -0.2) is 9.97 Å². The lowest BCUT2D eigenvalue weighted by Crippen LogP contribution is -2.30. The highest BCUT2D eigenvalue weighted by atomic mass is 19.4. The van der Waals surface area contributed by atoms with E-state index in [4.69, 9.17) is 10.5 Å². The summed E-state index contributed by atoms with van der Waals surface area (Å²) >= 11 is 0. The van der Waals surface area contributed by atoms with Crippen LogP contribution in [-0.2, 0) is 17.3 Å². The average Bonchev–Trinajstić information content (AvgIpc) is 2.09. The fourth-order valence-electron chi connectivity index (χ4n) is 1.50. The summed E-state index contributed by atoms with van der Waals surface area (Å²) in [6, 6.07) is 0. The molecule has 0 atom stereocenters. The van der Waals surface area contributed by atoms with Gasteiger partial charge in [-0.15, -0.1) is 0 Å². The second kappa shape index (κ2) is 3.89. The molecular weight excluding hydrogens is 223 g/mol. The van der Waals surface area contributed by atoms with Crippen LogP contribution < -0.4 is 5.73 Å². The van der Waals surface area contributed by atoms with E-state index in [1.54, 1.807) is 0 Å². The first kappa shape index (κ1) is 11.1. The highest BCUT2D eigenvalue weighted by Crippen LogP contribution is 2.32. The monoisotopic (exact) mass is 233 g/mol. The van der Waals surface area contributed by atoms with E-state index in [1.807, 2.05) is 0 Å². The van der Waals surface area contributed by atoms with Crippen LogP contribution in [0.3, 0.4) is 0 Å². The lowest BCUT2D eigenvalue weighted by Gasteiger charge is -2.26. The zero-order valence-electron chi connectivity index (χ0n) is 8.29. The lowest BCUT2D eigenvalue weighted by atomic mass is 9.99. The first-order chi connectivity index (χ1) is 7.47. The summed E-state index contributed by atoms with van der Waals surface area (Å²) in [5.74, 6) is -0.0429. The number of hydrogen-bond donors (Lipinski definition) is 1. The SMILES string of the molecule is Nc1ncc(C(F)(F)F)c(CC2COC2)n1. The topological polar surface area (TPSA) is 61.0 Å². The molecule has 0 spiro atoms. The lowest BCUT2D eigenvalue weighted by molar-refractivity contribution is -0.139. The Morgan fingerprint density at radius 1 is 1.44 bits per heavy atom. The maximum Gasteiger partial charge on any atom is 0.419 e. The van der Waals surface area contributed by atoms with Crippen LogP contribution >= 0.6 is 0 Å². The van der Waals surface area contributed by atoms with Crippen molar-refractivity contribution in [1.29, 1.82) is 0 Å². The molecule has 1 aliphatic heterocycles. The molecule has 0 aromatic carbocycles. The van der Waals surface area contributed by atoms with Crippen molar-refractivity contribution >= 4 is 5.95 Å². The summed E-state index contributed by atoms with van der Waals surface area (Å²) in [5.41, 5.74) is 4.43. The van der Waals surface area contributed by atoms with E-state index in [0.29, 0.717) is 13.2 Å². The smallest absolute Gasteiger partial charge is 0.381 e. The predicted molar refractivity (Wildman–Crippen MR) is 49.5 cm³/mol. The van der Waals surface area contributed by atoms with E-state index in [2.05, 4.69) is 9.97 Å². The van der Waals surface area contributed by atoms with Gasteiger partial charge >= 0.3 is 6.18 Å². The third kappa shape index (κ3) is 2.24. The number of nitrogens with zero attached hydrogens (tertiary/aromatic N) is 2. The van der Waals surface area contributed by atoms with Gasteiger partial charge in [0.25, 0.3) is 0 Å². The van der Waals surface area contributed by atoms with Crippen molar-refractivity contribution in [2.45, 2.75) is 12.6 Å². The molecule has 0 unspecified atom stereocenters. The molecule has 1 aliphatic rings. The maximum atomic E-state index is 12.6. The third-order valence-electron chi connectivity index (χ3n) is 2.38. The molecule has 4 nitrogen and oxygen atoms in total. The van der Waals surface area contributed by atoms with Gasteiger partial charge in [-0.1, -0.05) is 0 Å². The zero-order chi connectivity index (χ0) is 11.8. The Labute approximate surface area is 89.6 Å². The van der Waals surface area contributed by atoms with Crippen molar-refractivity contribution in [3.63, 3.8) is 0 Å². The number of anilines is 1. The molecule has 0 radical (unpaired) electrons. The van der Waals surface area contributed by atoms with Crippen molar-refractivity contribution in [2.75, 3.05) is 18.9 Å². The first-order valence-corrected chi connectivity index (χ1v) is 4.73. The molecule has 1 fully saturated rings. The number of rotatable bonds is 2. The van der Waals surface area contributed by atoms with Gasteiger partial charge in [-0.3, -0.25) is 0 Å². The van der Waals surface area contributed by atoms with Gasteiger partial charge in [-0.2, -0.15) is 13.2 Å². The van der Waals surface area contributed by atoms with Crippen LogP contribution in [0.2, 0.25) is 0 Å². The van der Waals surface area contributed by atoms with Crippen molar-refractivity contribution in [2.24, 2.45) is 5.92 Å². The van der Waals surface area contributed by atoms with Crippen LogP contribution in [0.25, 0.3) is 0 Å². The minimum Gasteiger partial charge on any atom is -0.381 e. The van der Waals surface area contributed by atoms with Gasteiger partial charge in [0.2, 0.25) is 5.95 Å².